The second kappa shape index (κ2) is 4.90. The topological polar surface area (TPSA) is 35.2 Å². The van der Waals surface area contributed by atoms with Gasteiger partial charge in [-0.05, 0) is 42.0 Å². The van der Waals surface area contributed by atoms with Gasteiger partial charge < -0.3 is 10.5 Å². The molecule has 0 saturated carbocycles. The van der Waals surface area contributed by atoms with E-state index in [0.29, 0.717) is 0 Å². The average molecular weight is 247 g/mol. The summed E-state index contributed by atoms with van der Waals surface area (Å²) in [5, 5.41) is 2.01. The summed E-state index contributed by atoms with van der Waals surface area (Å²) < 4.78 is 5.33. The van der Waals surface area contributed by atoms with Crippen LogP contribution in [0.4, 0.5) is 0 Å². The van der Waals surface area contributed by atoms with E-state index in [-0.39, 0.29) is 6.04 Å². The molecular weight excluding hydrogens is 230 g/mol. The first-order valence-electron chi connectivity index (χ1n) is 5.58. The zero-order valence-corrected chi connectivity index (χ0v) is 11.2. The standard InChI is InChI=1S/C14H17NOS/c1-9-5-4-6-11(10(9)2)13(15)14-12(16-3)7-8-17-14/h4-8,13H,15H2,1-3H3. The fraction of sp³-hybridized carbons (Fsp3) is 0.286. The molecule has 2 rings (SSSR count). The maximum Gasteiger partial charge on any atom is 0.134 e. The Morgan fingerprint density at radius 3 is 2.71 bits per heavy atom. The number of rotatable bonds is 3. The van der Waals surface area contributed by atoms with E-state index >= 15 is 0 Å². The van der Waals surface area contributed by atoms with Crippen molar-refractivity contribution < 1.29 is 4.74 Å². The van der Waals surface area contributed by atoms with Crippen LogP contribution in [0.15, 0.2) is 29.6 Å². The van der Waals surface area contributed by atoms with Gasteiger partial charge in [0.15, 0.2) is 0 Å². The molecule has 1 unspecified atom stereocenters. The monoisotopic (exact) mass is 247 g/mol. The van der Waals surface area contributed by atoms with Gasteiger partial charge in [0.25, 0.3) is 0 Å². The van der Waals surface area contributed by atoms with E-state index < -0.39 is 0 Å². The molecule has 17 heavy (non-hydrogen) atoms. The minimum atomic E-state index is -0.107. The van der Waals surface area contributed by atoms with Crippen LogP contribution in [0.5, 0.6) is 5.75 Å². The molecule has 2 aromatic rings. The third-order valence-electron chi connectivity index (χ3n) is 3.14. The van der Waals surface area contributed by atoms with Gasteiger partial charge >= 0.3 is 0 Å². The number of hydrogen-bond donors (Lipinski definition) is 1. The molecular formula is C14H17NOS. The Kier molecular flexibility index (Phi) is 3.50. The molecule has 0 aliphatic rings. The quantitative estimate of drug-likeness (QED) is 0.902. The van der Waals surface area contributed by atoms with Crippen molar-refractivity contribution in [2.75, 3.05) is 7.11 Å². The minimum Gasteiger partial charge on any atom is -0.496 e. The molecule has 1 aromatic heterocycles. The Morgan fingerprint density at radius 1 is 1.24 bits per heavy atom. The average Bonchev–Trinajstić information content (AvgIpc) is 2.80. The zero-order valence-electron chi connectivity index (χ0n) is 10.4. The lowest BCUT2D eigenvalue weighted by atomic mass is 9.97. The molecule has 0 fully saturated rings. The molecule has 90 valence electrons. The normalized spacial score (nSPS) is 12.5. The maximum absolute atomic E-state index is 6.34. The first-order chi connectivity index (χ1) is 8.15. The second-order valence-electron chi connectivity index (χ2n) is 4.12. The SMILES string of the molecule is COc1ccsc1C(N)c1cccc(C)c1C. The highest BCUT2D eigenvalue weighted by Gasteiger charge is 2.17. The highest BCUT2D eigenvalue weighted by molar-refractivity contribution is 7.10. The maximum atomic E-state index is 6.34. The van der Waals surface area contributed by atoms with Gasteiger partial charge in [0.1, 0.15) is 5.75 Å². The van der Waals surface area contributed by atoms with E-state index in [1.54, 1.807) is 18.4 Å². The molecule has 2 N–H and O–H groups in total. The smallest absolute Gasteiger partial charge is 0.134 e. The molecule has 0 saturated heterocycles. The van der Waals surface area contributed by atoms with Crippen molar-refractivity contribution in [3.8, 4) is 5.75 Å². The number of nitrogens with two attached hydrogens (primary N) is 1. The number of thiophene rings is 1. The summed E-state index contributed by atoms with van der Waals surface area (Å²) in [6, 6.07) is 8.11. The Bertz CT molecular complexity index is 519. The molecule has 0 amide bonds. The van der Waals surface area contributed by atoms with Crippen molar-refractivity contribution in [3.63, 3.8) is 0 Å². The fourth-order valence-electron chi connectivity index (χ4n) is 1.96. The first-order valence-corrected chi connectivity index (χ1v) is 6.46. The van der Waals surface area contributed by atoms with Gasteiger partial charge in [-0.25, -0.2) is 0 Å². The second-order valence-corrected chi connectivity index (χ2v) is 5.07. The predicted octanol–water partition coefficient (Wildman–Crippen LogP) is 3.42. The molecule has 2 nitrogen and oxygen atoms in total. The van der Waals surface area contributed by atoms with E-state index in [4.69, 9.17) is 10.5 Å². The van der Waals surface area contributed by atoms with Crippen LogP contribution in [-0.4, -0.2) is 7.11 Å². The molecule has 0 aliphatic heterocycles. The lowest BCUT2D eigenvalue weighted by Gasteiger charge is -2.16. The van der Waals surface area contributed by atoms with Gasteiger partial charge in [0.05, 0.1) is 18.0 Å². The van der Waals surface area contributed by atoms with Gasteiger partial charge in [-0.1, -0.05) is 18.2 Å². The van der Waals surface area contributed by atoms with Gasteiger partial charge in [-0.2, -0.15) is 0 Å². The Hall–Kier alpha value is -1.32. The zero-order chi connectivity index (χ0) is 12.4. The highest BCUT2D eigenvalue weighted by atomic mass is 32.1. The number of aryl methyl sites for hydroxylation is 1. The fourth-order valence-corrected chi connectivity index (χ4v) is 2.84. The molecule has 3 heteroatoms. The molecule has 0 aliphatic carbocycles. The summed E-state index contributed by atoms with van der Waals surface area (Å²) in [5.74, 6) is 0.878. The molecule has 0 bridgehead atoms. The molecule has 0 spiro atoms. The Morgan fingerprint density at radius 2 is 2.00 bits per heavy atom. The molecule has 0 radical (unpaired) electrons. The summed E-state index contributed by atoms with van der Waals surface area (Å²) in [4.78, 5) is 1.08. The largest absolute Gasteiger partial charge is 0.496 e. The Labute approximate surface area is 106 Å². The van der Waals surface area contributed by atoms with Crippen LogP contribution in [0.2, 0.25) is 0 Å². The lowest BCUT2D eigenvalue weighted by Crippen LogP contribution is -2.13. The number of benzene rings is 1. The minimum absolute atomic E-state index is 0.107. The molecule has 1 heterocycles. The summed E-state index contributed by atoms with van der Waals surface area (Å²) in [7, 11) is 1.68. The van der Waals surface area contributed by atoms with E-state index in [1.807, 2.05) is 11.4 Å². The third-order valence-corrected chi connectivity index (χ3v) is 4.12. The van der Waals surface area contributed by atoms with E-state index in [0.717, 1.165) is 10.6 Å². The van der Waals surface area contributed by atoms with Crippen LogP contribution in [0.25, 0.3) is 0 Å². The summed E-state index contributed by atoms with van der Waals surface area (Å²) in [6.07, 6.45) is 0. The number of hydrogen-bond acceptors (Lipinski definition) is 3. The number of ether oxygens (including phenoxy) is 1. The van der Waals surface area contributed by atoms with Crippen LogP contribution in [0.1, 0.15) is 27.6 Å². The number of methoxy groups -OCH3 is 1. The third kappa shape index (κ3) is 2.21. The summed E-state index contributed by atoms with van der Waals surface area (Å²) >= 11 is 1.64. The van der Waals surface area contributed by atoms with Crippen LogP contribution in [-0.2, 0) is 0 Å². The van der Waals surface area contributed by atoms with Crippen molar-refractivity contribution in [1.82, 2.24) is 0 Å². The predicted molar refractivity (Wildman–Crippen MR) is 72.8 cm³/mol. The van der Waals surface area contributed by atoms with Crippen molar-refractivity contribution >= 4 is 11.3 Å². The highest BCUT2D eigenvalue weighted by Crippen LogP contribution is 2.34. The van der Waals surface area contributed by atoms with Crippen LogP contribution < -0.4 is 10.5 Å². The van der Waals surface area contributed by atoms with Crippen molar-refractivity contribution in [3.05, 3.63) is 51.2 Å². The van der Waals surface area contributed by atoms with Crippen molar-refractivity contribution in [1.29, 1.82) is 0 Å². The van der Waals surface area contributed by atoms with Crippen molar-refractivity contribution in [2.45, 2.75) is 19.9 Å². The van der Waals surface area contributed by atoms with E-state index in [1.165, 1.54) is 16.7 Å². The lowest BCUT2D eigenvalue weighted by molar-refractivity contribution is 0.411. The summed E-state index contributed by atoms with van der Waals surface area (Å²) in [5.41, 5.74) is 10.0. The van der Waals surface area contributed by atoms with Crippen LogP contribution in [0.3, 0.4) is 0 Å². The Balaban J connectivity index is 2.44. The van der Waals surface area contributed by atoms with Crippen LogP contribution in [0, 0.1) is 13.8 Å². The molecule has 1 aromatic carbocycles. The van der Waals surface area contributed by atoms with Crippen molar-refractivity contribution in [2.24, 2.45) is 5.73 Å². The van der Waals surface area contributed by atoms with Gasteiger partial charge in [-0.3, -0.25) is 0 Å². The van der Waals surface area contributed by atoms with Crippen LogP contribution >= 0.6 is 11.3 Å². The van der Waals surface area contributed by atoms with E-state index in [9.17, 15) is 0 Å². The van der Waals surface area contributed by atoms with Gasteiger partial charge in [0, 0.05) is 0 Å². The summed E-state index contributed by atoms with van der Waals surface area (Å²) in [6.45, 7) is 4.22. The van der Waals surface area contributed by atoms with Gasteiger partial charge in [-0.15, -0.1) is 11.3 Å². The molecule has 1 atom stereocenters. The first kappa shape index (κ1) is 12.1. The van der Waals surface area contributed by atoms with Gasteiger partial charge in [0.2, 0.25) is 0 Å². The van der Waals surface area contributed by atoms with E-state index in [2.05, 4.69) is 32.0 Å².